The van der Waals surface area contributed by atoms with Crippen molar-refractivity contribution < 1.29 is 6.85 Å². The van der Waals surface area contributed by atoms with Gasteiger partial charge in [-0.3, -0.25) is 0 Å². The minimum Gasteiger partial charge on any atom is -0.208 e. The second kappa shape index (κ2) is 10.8. The lowest BCUT2D eigenvalue weighted by Gasteiger charge is -2.22. The van der Waals surface area contributed by atoms with Gasteiger partial charge in [-0.25, -0.2) is 15.0 Å². The highest BCUT2D eigenvalue weighted by molar-refractivity contribution is 5.84. The van der Waals surface area contributed by atoms with Gasteiger partial charge in [-0.1, -0.05) is 147 Å². The molecule has 0 spiro atoms. The highest BCUT2D eigenvalue weighted by Crippen LogP contribution is 2.49. The summed E-state index contributed by atoms with van der Waals surface area (Å²) in [4.78, 5) is 14.1. The van der Waals surface area contributed by atoms with Crippen molar-refractivity contribution in [1.29, 1.82) is 0 Å². The van der Waals surface area contributed by atoms with Gasteiger partial charge in [0.25, 0.3) is 0 Å². The molecule has 1 aromatic heterocycles. The fourth-order valence-corrected chi connectivity index (χ4v) is 6.29. The van der Waals surface area contributed by atoms with Crippen molar-refractivity contribution in [2.45, 2.75) is 19.3 Å². The van der Waals surface area contributed by atoms with Crippen molar-refractivity contribution in [3.63, 3.8) is 0 Å². The SMILES string of the molecule is [2H]c1c([2H])c([2H])c(-c2nc(-c3ccccc3)nc(-c3cccc(-c4cccc(-c5ccc6c(c5)C(C)(C)c5ccccc5-6)c4)c3)n2)c([2H])c1[2H]. The van der Waals surface area contributed by atoms with Gasteiger partial charge in [-0.15, -0.1) is 0 Å². The van der Waals surface area contributed by atoms with Gasteiger partial charge in [-0.2, -0.15) is 0 Å². The van der Waals surface area contributed by atoms with E-state index >= 15 is 0 Å². The first kappa shape index (κ1) is 21.9. The van der Waals surface area contributed by atoms with Gasteiger partial charge in [0.1, 0.15) is 0 Å². The van der Waals surface area contributed by atoms with Gasteiger partial charge in [-0.05, 0) is 62.7 Å². The lowest BCUT2D eigenvalue weighted by Crippen LogP contribution is -2.14. The Morgan fingerprint density at radius 3 is 1.64 bits per heavy atom. The van der Waals surface area contributed by atoms with Crippen LogP contribution in [-0.4, -0.2) is 15.0 Å². The van der Waals surface area contributed by atoms with Gasteiger partial charge in [0.05, 0.1) is 6.85 Å². The zero-order valence-corrected chi connectivity index (χ0v) is 24.9. The second-order valence-corrected chi connectivity index (χ2v) is 11.8. The van der Waals surface area contributed by atoms with Crippen LogP contribution in [-0.2, 0) is 5.41 Å². The molecule has 0 saturated heterocycles. The van der Waals surface area contributed by atoms with Crippen LogP contribution in [0.3, 0.4) is 0 Å². The van der Waals surface area contributed by atoms with E-state index in [-0.39, 0.29) is 28.9 Å². The largest absolute Gasteiger partial charge is 0.208 e. The predicted molar refractivity (Wildman–Crippen MR) is 185 cm³/mol. The van der Waals surface area contributed by atoms with Gasteiger partial charge >= 0.3 is 0 Å². The van der Waals surface area contributed by atoms with E-state index in [1.165, 1.54) is 22.3 Å². The molecular weight excluding hydrogens is 546 g/mol. The Morgan fingerprint density at radius 2 is 0.933 bits per heavy atom. The van der Waals surface area contributed by atoms with Crippen LogP contribution in [0, 0.1) is 0 Å². The topological polar surface area (TPSA) is 38.7 Å². The molecule has 3 heteroatoms. The molecule has 6 aromatic carbocycles. The number of rotatable bonds is 5. The Hall–Kier alpha value is -5.67. The van der Waals surface area contributed by atoms with E-state index in [0.29, 0.717) is 22.8 Å². The predicted octanol–water partition coefficient (Wildman–Crippen LogP) is 10.5. The van der Waals surface area contributed by atoms with Crippen LogP contribution in [0.2, 0.25) is 0 Å². The van der Waals surface area contributed by atoms with E-state index in [2.05, 4.69) is 85.6 Å². The maximum absolute atomic E-state index is 8.58. The number of fused-ring (bicyclic) bond motifs is 3. The summed E-state index contributed by atoms with van der Waals surface area (Å²) in [5.74, 6) is 0.686. The van der Waals surface area contributed by atoms with E-state index < -0.39 is 18.1 Å². The van der Waals surface area contributed by atoms with Crippen molar-refractivity contribution in [2.24, 2.45) is 0 Å². The average molecular weight is 583 g/mol. The summed E-state index contributed by atoms with van der Waals surface area (Å²) in [7, 11) is 0. The van der Waals surface area contributed by atoms with Crippen molar-refractivity contribution in [3.05, 3.63) is 163 Å². The molecule has 0 unspecified atom stereocenters. The Balaban J connectivity index is 1.22. The van der Waals surface area contributed by atoms with Crippen LogP contribution < -0.4 is 0 Å². The summed E-state index contributed by atoms with van der Waals surface area (Å²) in [5, 5.41) is 0. The molecule has 1 aliphatic rings. The molecule has 1 aliphatic carbocycles. The smallest absolute Gasteiger partial charge is 0.164 e. The minimum atomic E-state index is -0.468. The maximum Gasteiger partial charge on any atom is 0.164 e. The highest BCUT2D eigenvalue weighted by Gasteiger charge is 2.35. The minimum absolute atomic E-state index is 0.0138. The lowest BCUT2D eigenvalue weighted by atomic mass is 9.81. The first-order chi connectivity index (χ1) is 24.1. The summed E-state index contributed by atoms with van der Waals surface area (Å²) in [6, 6.07) is 39.1. The molecule has 0 bridgehead atoms. The average Bonchev–Trinajstić information content (AvgIpc) is 3.39. The number of hydrogen-bond acceptors (Lipinski definition) is 3. The molecule has 0 aliphatic heterocycles. The number of nitrogens with zero attached hydrogens (tertiary/aromatic N) is 3. The van der Waals surface area contributed by atoms with Crippen molar-refractivity contribution in [1.82, 2.24) is 15.0 Å². The summed E-state index contributed by atoms with van der Waals surface area (Å²) in [6.07, 6.45) is 0. The highest BCUT2D eigenvalue weighted by atomic mass is 15.0. The van der Waals surface area contributed by atoms with E-state index in [0.717, 1.165) is 22.3 Å². The molecule has 0 N–H and O–H groups in total. The summed E-state index contributed by atoms with van der Waals surface area (Å²) in [6.45, 7) is 4.58. The van der Waals surface area contributed by atoms with Gasteiger partial charge in [0.15, 0.2) is 17.5 Å². The molecule has 1 heterocycles. The van der Waals surface area contributed by atoms with Gasteiger partial charge in [0.2, 0.25) is 0 Å². The van der Waals surface area contributed by atoms with Crippen LogP contribution in [0.4, 0.5) is 0 Å². The Labute approximate surface area is 271 Å². The molecule has 0 fully saturated rings. The van der Waals surface area contributed by atoms with Crippen molar-refractivity contribution >= 4 is 0 Å². The molecule has 45 heavy (non-hydrogen) atoms. The van der Waals surface area contributed by atoms with Crippen LogP contribution in [0.1, 0.15) is 31.8 Å². The fourth-order valence-electron chi connectivity index (χ4n) is 6.29. The van der Waals surface area contributed by atoms with E-state index in [1.54, 1.807) is 0 Å². The molecule has 0 saturated carbocycles. The summed E-state index contributed by atoms with van der Waals surface area (Å²) < 4.78 is 41.7. The second-order valence-electron chi connectivity index (χ2n) is 11.8. The molecule has 0 amide bonds. The summed E-state index contributed by atoms with van der Waals surface area (Å²) >= 11 is 0. The normalized spacial score (nSPS) is 14.4. The molecule has 3 nitrogen and oxygen atoms in total. The van der Waals surface area contributed by atoms with Crippen LogP contribution in [0.25, 0.3) is 67.5 Å². The first-order valence-corrected chi connectivity index (χ1v) is 15.0. The van der Waals surface area contributed by atoms with Crippen LogP contribution in [0.15, 0.2) is 152 Å². The standard InChI is InChI=1S/C42H31N3/c1-42(2)37-22-10-9-21-35(37)36-24-23-33(27-38(36)42)31-18-11-17-30(25-31)32-19-12-20-34(26-32)41-44-39(28-13-5-3-6-14-28)43-40(45-41)29-15-7-4-8-16-29/h3-27H,1-2H3/i3D,5D,6D,13D,14D. The number of aromatic nitrogens is 3. The van der Waals surface area contributed by atoms with E-state index in [9.17, 15) is 0 Å². The molecule has 7 aromatic rings. The third kappa shape index (κ3) is 4.83. The molecular formula is C42H31N3. The summed E-state index contributed by atoms with van der Waals surface area (Å²) in [5.41, 5.74) is 10.8. The van der Waals surface area contributed by atoms with Gasteiger partial charge in [0, 0.05) is 22.1 Å². The monoisotopic (exact) mass is 582 g/mol. The Kier molecular flexibility index (Phi) is 5.26. The van der Waals surface area contributed by atoms with Crippen LogP contribution in [0.5, 0.6) is 0 Å². The van der Waals surface area contributed by atoms with Gasteiger partial charge < -0.3 is 0 Å². The Morgan fingerprint density at radius 1 is 0.422 bits per heavy atom. The molecule has 0 atom stereocenters. The maximum atomic E-state index is 8.58. The van der Waals surface area contributed by atoms with E-state index in [4.69, 9.17) is 16.8 Å². The third-order valence-corrected chi connectivity index (χ3v) is 8.62. The number of benzene rings is 6. The number of hydrogen-bond donors (Lipinski definition) is 0. The molecule has 214 valence electrons. The quantitative estimate of drug-likeness (QED) is 0.203. The van der Waals surface area contributed by atoms with E-state index in [1.807, 2.05) is 54.6 Å². The zero-order chi connectivity index (χ0) is 34.7. The zero-order valence-electron chi connectivity index (χ0n) is 29.9. The first-order valence-electron chi connectivity index (χ1n) is 17.5. The van der Waals surface area contributed by atoms with Crippen molar-refractivity contribution in [2.75, 3.05) is 0 Å². The fraction of sp³-hybridized carbons (Fsp3) is 0.0714. The Bertz CT molecular complexity index is 2450. The molecule has 0 radical (unpaired) electrons. The third-order valence-electron chi connectivity index (χ3n) is 8.62. The molecule has 8 rings (SSSR count). The van der Waals surface area contributed by atoms with Crippen molar-refractivity contribution in [3.8, 4) is 67.5 Å². The lowest BCUT2D eigenvalue weighted by molar-refractivity contribution is 0.660. The van der Waals surface area contributed by atoms with Crippen LogP contribution >= 0.6 is 0 Å².